The average molecular weight is 480 g/mol. The molecule has 4 aromatic rings. The van der Waals surface area contributed by atoms with Gasteiger partial charge in [-0.05, 0) is 52.3 Å². The van der Waals surface area contributed by atoms with E-state index in [1.165, 1.54) is 11.1 Å². The number of carbonyl (C=O) groups is 1. The second kappa shape index (κ2) is 9.72. The first kappa shape index (κ1) is 22.7. The summed E-state index contributed by atoms with van der Waals surface area (Å²) in [6.45, 7) is 5.04. The van der Waals surface area contributed by atoms with E-state index in [9.17, 15) is 4.79 Å². The van der Waals surface area contributed by atoms with Crippen LogP contribution in [0.2, 0.25) is 0 Å². The van der Waals surface area contributed by atoms with Gasteiger partial charge in [0.2, 0.25) is 0 Å². The van der Waals surface area contributed by atoms with E-state index < -0.39 is 0 Å². The van der Waals surface area contributed by atoms with E-state index in [0.717, 1.165) is 78.3 Å². The van der Waals surface area contributed by atoms with Gasteiger partial charge in [-0.3, -0.25) is 14.6 Å². The van der Waals surface area contributed by atoms with Crippen molar-refractivity contribution in [3.05, 3.63) is 101 Å². The lowest BCUT2D eigenvalue weighted by Gasteiger charge is -2.26. The van der Waals surface area contributed by atoms with Crippen molar-refractivity contribution in [1.82, 2.24) is 9.88 Å². The smallest absolute Gasteiger partial charge is 0.260 e. The van der Waals surface area contributed by atoms with Gasteiger partial charge in [-0.15, -0.1) is 0 Å². The molecule has 6 heteroatoms. The SMILES string of the molecule is COc1ccc(CN2C(=O)c3cccc4c(Cc5ccc(CN6CCOCC6)cc5)cnc2c34)cc1. The fourth-order valence-corrected chi connectivity index (χ4v) is 5.16. The Morgan fingerprint density at radius 2 is 1.58 bits per heavy atom. The van der Waals surface area contributed by atoms with Gasteiger partial charge < -0.3 is 9.47 Å². The number of amides is 1. The van der Waals surface area contributed by atoms with Crippen molar-refractivity contribution >= 4 is 22.5 Å². The number of anilines is 1. The fourth-order valence-electron chi connectivity index (χ4n) is 5.16. The van der Waals surface area contributed by atoms with Crippen molar-refractivity contribution < 1.29 is 14.3 Å². The Balaban J connectivity index is 1.24. The molecule has 36 heavy (non-hydrogen) atoms. The summed E-state index contributed by atoms with van der Waals surface area (Å²) in [7, 11) is 1.65. The van der Waals surface area contributed by atoms with Crippen molar-refractivity contribution in [2.24, 2.45) is 0 Å². The summed E-state index contributed by atoms with van der Waals surface area (Å²) in [4.78, 5) is 22.3. The molecule has 1 saturated heterocycles. The van der Waals surface area contributed by atoms with Crippen molar-refractivity contribution in [2.75, 3.05) is 38.3 Å². The van der Waals surface area contributed by atoms with Crippen LogP contribution in [-0.4, -0.2) is 49.2 Å². The lowest BCUT2D eigenvalue weighted by atomic mass is 9.98. The summed E-state index contributed by atoms with van der Waals surface area (Å²) in [5.74, 6) is 1.54. The second-order valence-corrected chi connectivity index (χ2v) is 9.46. The normalized spacial score (nSPS) is 15.6. The second-order valence-electron chi connectivity index (χ2n) is 9.46. The molecule has 0 radical (unpaired) electrons. The molecule has 3 aromatic carbocycles. The molecule has 1 fully saturated rings. The number of nitrogens with zero attached hydrogens (tertiary/aromatic N) is 3. The van der Waals surface area contributed by atoms with Gasteiger partial charge in [0, 0.05) is 31.2 Å². The highest BCUT2D eigenvalue weighted by Crippen LogP contribution is 2.38. The van der Waals surface area contributed by atoms with E-state index in [0.29, 0.717) is 6.54 Å². The van der Waals surface area contributed by atoms with Gasteiger partial charge in [-0.25, -0.2) is 4.98 Å². The fraction of sp³-hybridized carbons (Fsp3) is 0.267. The molecule has 0 unspecified atom stereocenters. The molecule has 3 heterocycles. The minimum Gasteiger partial charge on any atom is -0.497 e. The van der Waals surface area contributed by atoms with Gasteiger partial charge in [0.25, 0.3) is 5.91 Å². The maximum absolute atomic E-state index is 13.3. The molecule has 0 spiro atoms. The number of morpholine rings is 1. The van der Waals surface area contributed by atoms with Gasteiger partial charge in [0.1, 0.15) is 11.6 Å². The third-order valence-electron chi connectivity index (χ3n) is 7.14. The maximum atomic E-state index is 13.3. The zero-order valence-electron chi connectivity index (χ0n) is 20.4. The standard InChI is InChI=1S/C30H29N3O3/c1-35-25-11-9-23(10-12-25)20-33-29-28-26(3-2-4-27(28)30(33)34)24(18-31-29)17-21-5-7-22(8-6-21)19-32-13-15-36-16-14-32/h2-12,18H,13-17,19-20H2,1H3. The van der Waals surface area contributed by atoms with Crippen LogP contribution in [0.3, 0.4) is 0 Å². The molecular weight excluding hydrogens is 450 g/mol. The number of hydrogen-bond acceptors (Lipinski definition) is 5. The van der Waals surface area contributed by atoms with Crippen LogP contribution in [-0.2, 0) is 24.2 Å². The number of hydrogen-bond donors (Lipinski definition) is 0. The van der Waals surface area contributed by atoms with Gasteiger partial charge in [0.05, 0.1) is 32.4 Å². The average Bonchev–Trinajstić information content (AvgIpc) is 3.19. The number of rotatable bonds is 7. The first-order valence-electron chi connectivity index (χ1n) is 12.4. The Hall–Kier alpha value is -3.74. The number of ether oxygens (including phenoxy) is 2. The third kappa shape index (κ3) is 4.34. The number of methoxy groups -OCH3 is 1. The maximum Gasteiger partial charge on any atom is 0.260 e. The first-order chi connectivity index (χ1) is 17.7. The van der Waals surface area contributed by atoms with Crippen LogP contribution in [0.4, 0.5) is 5.82 Å². The molecule has 0 atom stereocenters. The van der Waals surface area contributed by atoms with Gasteiger partial charge in [-0.2, -0.15) is 0 Å². The zero-order valence-corrected chi connectivity index (χ0v) is 20.4. The highest BCUT2D eigenvalue weighted by atomic mass is 16.5. The van der Waals surface area contributed by atoms with Crippen LogP contribution in [0, 0.1) is 0 Å². The molecule has 1 aromatic heterocycles. The Labute approximate surface area is 211 Å². The quantitative estimate of drug-likeness (QED) is 0.380. The van der Waals surface area contributed by atoms with Crippen LogP contribution < -0.4 is 9.64 Å². The molecule has 0 saturated carbocycles. The summed E-state index contributed by atoms with van der Waals surface area (Å²) >= 11 is 0. The summed E-state index contributed by atoms with van der Waals surface area (Å²) < 4.78 is 10.7. The van der Waals surface area contributed by atoms with E-state index in [4.69, 9.17) is 14.5 Å². The Morgan fingerprint density at radius 1 is 0.889 bits per heavy atom. The Bertz CT molecular complexity index is 1390. The molecular formula is C30H29N3O3. The number of aromatic nitrogens is 1. The minimum atomic E-state index is 0.00327. The van der Waals surface area contributed by atoms with Crippen LogP contribution in [0.15, 0.2) is 72.9 Å². The molecule has 1 amide bonds. The Kier molecular flexibility index (Phi) is 6.13. The van der Waals surface area contributed by atoms with E-state index in [2.05, 4.69) is 35.2 Å². The van der Waals surface area contributed by atoms with E-state index >= 15 is 0 Å². The Morgan fingerprint density at radius 3 is 2.33 bits per heavy atom. The van der Waals surface area contributed by atoms with Gasteiger partial charge >= 0.3 is 0 Å². The third-order valence-corrected chi connectivity index (χ3v) is 7.14. The molecule has 2 aliphatic rings. The predicted octanol–water partition coefficient (Wildman–Crippen LogP) is 4.83. The molecule has 0 bridgehead atoms. The monoisotopic (exact) mass is 479 g/mol. The van der Waals surface area contributed by atoms with E-state index in [-0.39, 0.29) is 5.91 Å². The number of pyridine rings is 1. The summed E-state index contributed by atoms with van der Waals surface area (Å²) in [5, 5.41) is 2.05. The molecule has 2 aliphatic heterocycles. The lowest BCUT2D eigenvalue weighted by Crippen LogP contribution is -2.35. The van der Waals surface area contributed by atoms with E-state index in [1.54, 1.807) is 12.0 Å². The van der Waals surface area contributed by atoms with Crippen molar-refractivity contribution in [2.45, 2.75) is 19.5 Å². The van der Waals surface area contributed by atoms with Crippen molar-refractivity contribution in [3.8, 4) is 5.75 Å². The summed E-state index contributed by atoms with van der Waals surface area (Å²) in [6, 6.07) is 22.7. The summed E-state index contributed by atoms with van der Waals surface area (Å²) in [5.41, 5.74) is 5.46. The number of carbonyl (C=O) groups excluding carboxylic acids is 1. The highest BCUT2D eigenvalue weighted by Gasteiger charge is 2.31. The topological polar surface area (TPSA) is 54.9 Å². The minimum absolute atomic E-state index is 0.00327. The molecule has 6 rings (SSSR count). The van der Waals surface area contributed by atoms with Crippen LogP contribution in [0.1, 0.15) is 32.6 Å². The van der Waals surface area contributed by atoms with Crippen molar-refractivity contribution in [3.63, 3.8) is 0 Å². The first-order valence-corrected chi connectivity index (χ1v) is 12.4. The van der Waals surface area contributed by atoms with Crippen LogP contribution >= 0.6 is 0 Å². The summed E-state index contributed by atoms with van der Waals surface area (Å²) in [6.07, 6.45) is 2.71. The van der Waals surface area contributed by atoms with Gasteiger partial charge in [-0.1, -0.05) is 48.5 Å². The van der Waals surface area contributed by atoms with Gasteiger partial charge in [0.15, 0.2) is 0 Å². The number of benzene rings is 3. The lowest BCUT2D eigenvalue weighted by molar-refractivity contribution is 0.0342. The predicted molar refractivity (Wildman–Crippen MR) is 141 cm³/mol. The molecule has 182 valence electrons. The van der Waals surface area contributed by atoms with Crippen LogP contribution in [0.5, 0.6) is 5.75 Å². The van der Waals surface area contributed by atoms with E-state index in [1.807, 2.05) is 42.6 Å². The molecule has 0 N–H and O–H groups in total. The van der Waals surface area contributed by atoms with Crippen LogP contribution in [0.25, 0.3) is 10.8 Å². The zero-order chi connectivity index (χ0) is 24.5. The molecule has 6 nitrogen and oxygen atoms in total. The largest absolute Gasteiger partial charge is 0.497 e. The van der Waals surface area contributed by atoms with Crippen molar-refractivity contribution in [1.29, 1.82) is 0 Å². The highest BCUT2D eigenvalue weighted by molar-refractivity contribution is 6.24. The molecule has 0 aliphatic carbocycles.